The molecule has 0 radical (unpaired) electrons. The van der Waals surface area contributed by atoms with Gasteiger partial charge < -0.3 is 24.3 Å². The quantitative estimate of drug-likeness (QED) is 0.642. The Bertz CT molecular complexity index is 1070. The number of aryl methyl sites for hydroxylation is 2. The van der Waals surface area contributed by atoms with E-state index in [0.29, 0.717) is 43.6 Å². The third-order valence-corrected chi connectivity index (χ3v) is 5.60. The highest BCUT2D eigenvalue weighted by Crippen LogP contribution is 2.35. The fourth-order valence-corrected chi connectivity index (χ4v) is 4.19. The lowest BCUT2D eigenvalue weighted by molar-refractivity contribution is 0.0304. The van der Waals surface area contributed by atoms with Crippen molar-refractivity contribution in [2.75, 3.05) is 38.7 Å². The Balaban J connectivity index is 1.75. The van der Waals surface area contributed by atoms with Crippen LogP contribution in [0.3, 0.4) is 0 Å². The third-order valence-electron chi connectivity index (χ3n) is 5.14. The van der Waals surface area contributed by atoms with Crippen LogP contribution in [-0.4, -0.2) is 53.8 Å². The zero-order chi connectivity index (χ0) is 20.5. The van der Waals surface area contributed by atoms with Gasteiger partial charge in [-0.2, -0.15) is 0 Å². The minimum atomic E-state index is 0.00542. The number of carbonyl (C=O) groups excluding carboxylic acids is 1. The number of fused-ring (bicyclic) bond motifs is 1. The lowest BCUT2D eigenvalue weighted by Crippen LogP contribution is -2.40. The van der Waals surface area contributed by atoms with E-state index in [4.69, 9.17) is 14.5 Å². The first-order valence-corrected chi connectivity index (χ1v) is 10.2. The molecule has 0 aliphatic carbocycles. The number of amides is 1. The molecular formula is C21H23BrN4O3. The fourth-order valence-electron chi connectivity index (χ4n) is 3.64. The molecule has 8 heteroatoms. The number of halogens is 1. The van der Waals surface area contributed by atoms with Crippen LogP contribution in [0.4, 0.5) is 11.6 Å². The van der Waals surface area contributed by atoms with E-state index in [9.17, 15) is 4.79 Å². The number of aromatic nitrogens is 2. The molecule has 1 aliphatic heterocycles. The number of morpholine rings is 1. The Morgan fingerprint density at radius 3 is 2.76 bits per heavy atom. The van der Waals surface area contributed by atoms with E-state index < -0.39 is 0 Å². The summed E-state index contributed by atoms with van der Waals surface area (Å²) in [6.45, 7) is 4.36. The molecule has 1 aromatic heterocycles. The highest BCUT2D eigenvalue weighted by atomic mass is 79.9. The van der Waals surface area contributed by atoms with Crippen LogP contribution in [0, 0.1) is 6.92 Å². The molecule has 1 aliphatic rings. The van der Waals surface area contributed by atoms with Crippen LogP contribution in [0.15, 0.2) is 34.8 Å². The van der Waals surface area contributed by atoms with Crippen molar-refractivity contribution in [1.29, 1.82) is 0 Å². The average molecular weight is 459 g/mol. The first-order valence-electron chi connectivity index (χ1n) is 9.43. The maximum Gasteiger partial charge on any atom is 0.256 e. The number of benzene rings is 2. The molecular weight excluding hydrogens is 436 g/mol. The van der Waals surface area contributed by atoms with Gasteiger partial charge in [-0.15, -0.1) is 0 Å². The molecule has 29 heavy (non-hydrogen) atoms. The van der Waals surface area contributed by atoms with Gasteiger partial charge in [0, 0.05) is 24.6 Å². The number of nitrogens with one attached hydrogen (secondary N) is 1. The molecule has 1 saturated heterocycles. The molecule has 2 heterocycles. The second-order valence-electron chi connectivity index (χ2n) is 7.00. The number of nitrogens with zero attached hydrogens (tertiary/aromatic N) is 3. The van der Waals surface area contributed by atoms with Crippen molar-refractivity contribution in [3.8, 4) is 5.75 Å². The Morgan fingerprint density at radius 2 is 2.03 bits per heavy atom. The number of hydrogen-bond acceptors (Lipinski definition) is 5. The second kappa shape index (κ2) is 8.04. The van der Waals surface area contributed by atoms with Gasteiger partial charge in [-0.1, -0.05) is 22.0 Å². The summed E-state index contributed by atoms with van der Waals surface area (Å²) < 4.78 is 13.8. The molecule has 0 bridgehead atoms. The predicted molar refractivity (Wildman–Crippen MR) is 116 cm³/mol. The summed E-state index contributed by atoms with van der Waals surface area (Å²) in [4.78, 5) is 19.7. The Labute approximate surface area is 177 Å². The molecule has 2 aromatic carbocycles. The summed E-state index contributed by atoms with van der Waals surface area (Å²) >= 11 is 3.50. The van der Waals surface area contributed by atoms with Gasteiger partial charge >= 0.3 is 0 Å². The average Bonchev–Trinajstić information content (AvgIpc) is 3.05. The van der Waals surface area contributed by atoms with Crippen molar-refractivity contribution in [1.82, 2.24) is 14.5 Å². The number of anilines is 2. The normalized spacial score (nSPS) is 14.3. The van der Waals surface area contributed by atoms with Gasteiger partial charge in [0.15, 0.2) is 0 Å². The summed E-state index contributed by atoms with van der Waals surface area (Å²) in [6, 6.07) is 9.57. The number of para-hydroxylation sites is 1. The highest BCUT2D eigenvalue weighted by molar-refractivity contribution is 9.10. The van der Waals surface area contributed by atoms with Crippen molar-refractivity contribution in [3.05, 3.63) is 45.9 Å². The van der Waals surface area contributed by atoms with E-state index in [-0.39, 0.29) is 5.91 Å². The molecule has 0 unspecified atom stereocenters. The highest BCUT2D eigenvalue weighted by Gasteiger charge is 2.23. The summed E-state index contributed by atoms with van der Waals surface area (Å²) in [5.74, 6) is 1.37. The maximum absolute atomic E-state index is 13.1. The lowest BCUT2D eigenvalue weighted by Gasteiger charge is -2.27. The van der Waals surface area contributed by atoms with E-state index in [1.54, 1.807) is 7.11 Å². The van der Waals surface area contributed by atoms with Gasteiger partial charge in [0.05, 0.1) is 42.6 Å². The van der Waals surface area contributed by atoms with Crippen LogP contribution >= 0.6 is 15.9 Å². The zero-order valence-electron chi connectivity index (χ0n) is 16.7. The van der Waals surface area contributed by atoms with Crippen molar-refractivity contribution >= 4 is 44.5 Å². The minimum Gasteiger partial charge on any atom is -0.495 e. The molecule has 1 amide bonds. The van der Waals surface area contributed by atoms with Gasteiger partial charge in [-0.3, -0.25) is 4.79 Å². The second-order valence-corrected chi connectivity index (χ2v) is 7.91. The Morgan fingerprint density at radius 1 is 1.28 bits per heavy atom. The van der Waals surface area contributed by atoms with Crippen LogP contribution in [-0.2, 0) is 11.8 Å². The van der Waals surface area contributed by atoms with Crippen LogP contribution in [0.1, 0.15) is 15.9 Å². The van der Waals surface area contributed by atoms with Gasteiger partial charge in [-0.05, 0) is 36.8 Å². The van der Waals surface area contributed by atoms with Crippen LogP contribution < -0.4 is 10.1 Å². The molecule has 0 saturated carbocycles. The first-order chi connectivity index (χ1) is 14.0. The summed E-state index contributed by atoms with van der Waals surface area (Å²) in [5.41, 5.74) is 4.08. The number of hydrogen-bond donors (Lipinski definition) is 1. The van der Waals surface area contributed by atoms with Crippen LogP contribution in [0.5, 0.6) is 5.75 Å². The van der Waals surface area contributed by atoms with Crippen LogP contribution in [0.2, 0.25) is 0 Å². The largest absolute Gasteiger partial charge is 0.495 e. The van der Waals surface area contributed by atoms with E-state index in [1.807, 2.05) is 53.8 Å². The monoisotopic (exact) mass is 458 g/mol. The number of methoxy groups -OCH3 is 1. The molecule has 0 spiro atoms. The van der Waals surface area contributed by atoms with Crippen molar-refractivity contribution < 1.29 is 14.3 Å². The lowest BCUT2D eigenvalue weighted by atomic mass is 10.1. The molecule has 4 rings (SSSR count). The minimum absolute atomic E-state index is 0.00542. The maximum atomic E-state index is 13.1. The van der Waals surface area contributed by atoms with Crippen molar-refractivity contribution in [2.24, 2.45) is 7.05 Å². The molecule has 3 aromatic rings. The number of carbonyl (C=O) groups is 1. The van der Waals surface area contributed by atoms with Gasteiger partial charge in [0.2, 0.25) is 5.95 Å². The number of rotatable bonds is 4. The predicted octanol–water partition coefficient (Wildman–Crippen LogP) is 3.87. The Kier molecular flexibility index (Phi) is 5.47. The van der Waals surface area contributed by atoms with Crippen molar-refractivity contribution in [2.45, 2.75) is 6.92 Å². The molecule has 0 atom stereocenters. The topological polar surface area (TPSA) is 68.6 Å². The van der Waals surface area contributed by atoms with E-state index in [2.05, 4.69) is 21.2 Å². The zero-order valence-corrected chi connectivity index (χ0v) is 18.2. The molecule has 1 N–H and O–H groups in total. The fraction of sp³-hybridized carbons (Fsp3) is 0.333. The SMILES string of the molecule is COc1cc(Br)cc(C)c1Nc1nc2cccc(C(=O)N3CCOCC3)c2n1C. The molecule has 7 nitrogen and oxygen atoms in total. The van der Waals surface area contributed by atoms with Gasteiger partial charge in [-0.25, -0.2) is 4.98 Å². The van der Waals surface area contributed by atoms with Crippen molar-refractivity contribution in [3.63, 3.8) is 0 Å². The summed E-state index contributed by atoms with van der Waals surface area (Å²) in [6.07, 6.45) is 0. The standard InChI is InChI=1S/C21H23BrN4O3/c1-13-11-14(22)12-17(28-3)18(13)24-21-23-16-6-4-5-15(19(16)25(21)2)20(27)26-7-9-29-10-8-26/h4-6,11-12H,7-10H2,1-3H3,(H,23,24). The van der Waals surface area contributed by atoms with Gasteiger partial charge in [0.25, 0.3) is 5.91 Å². The van der Waals surface area contributed by atoms with Crippen LogP contribution in [0.25, 0.3) is 11.0 Å². The van der Waals surface area contributed by atoms with E-state index >= 15 is 0 Å². The number of imidazole rings is 1. The third kappa shape index (κ3) is 3.70. The smallest absolute Gasteiger partial charge is 0.256 e. The van der Waals surface area contributed by atoms with E-state index in [1.165, 1.54) is 0 Å². The first kappa shape index (κ1) is 19.7. The van der Waals surface area contributed by atoms with E-state index in [0.717, 1.165) is 26.8 Å². The molecule has 152 valence electrons. The summed E-state index contributed by atoms with van der Waals surface area (Å²) in [5, 5.41) is 3.38. The Hall–Kier alpha value is -2.58. The number of ether oxygens (including phenoxy) is 2. The summed E-state index contributed by atoms with van der Waals surface area (Å²) in [7, 11) is 3.55. The van der Waals surface area contributed by atoms with Gasteiger partial charge in [0.1, 0.15) is 5.75 Å². The molecule has 1 fully saturated rings.